The van der Waals surface area contributed by atoms with Crippen LogP contribution >= 0.6 is 0 Å². The van der Waals surface area contributed by atoms with Gasteiger partial charge in [-0.15, -0.1) is 0 Å². The molecule has 10 nitrogen and oxygen atoms in total. The molecule has 0 radical (unpaired) electrons. The molecular weight excluding hydrogens is 354 g/mol. The van der Waals surface area contributed by atoms with Crippen molar-refractivity contribution in [3.8, 4) is 0 Å². The van der Waals surface area contributed by atoms with Gasteiger partial charge in [-0.25, -0.2) is 14.6 Å². The summed E-state index contributed by atoms with van der Waals surface area (Å²) in [4.78, 5) is 43.2. The Bertz CT molecular complexity index is 1030. The average Bonchev–Trinajstić information content (AvgIpc) is 3.15. The van der Waals surface area contributed by atoms with E-state index in [1.807, 2.05) is 0 Å². The van der Waals surface area contributed by atoms with Crippen molar-refractivity contribution in [3.63, 3.8) is 0 Å². The highest BCUT2D eigenvalue weighted by molar-refractivity contribution is 5.96. The predicted octanol–water partition coefficient (Wildman–Crippen LogP) is 1.10. The third-order valence-electron chi connectivity index (χ3n) is 3.88. The lowest BCUT2D eigenvalue weighted by molar-refractivity contribution is 0.0599. The van der Waals surface area contributed by atoms with E-state index in [4.69, 9.17) is 0 Å². The summed E-state index contributed by atoms with van der Waals surface area (Å²) in [5, 5.41) is 15.8. The van der Waals surface area contributed by atoms with Crippen LogP contribution < -0.4 is 5.32 Å². The Labute approximate surface area is 152 Å². The molecule has 0 saturated heterocycles. The normalized spacial score (nSPS) is 11.8. The van der Waals surface area contributed by atoms with Crippen LogP contribution in [-0.4, -0.2) is 49.6 Å². The fraction of sp³-hybridized carbons (Fsp3) is 0.176. The topological polar surface area (TPSA) is 136 Å². The standard InChI is InChI=1S/C17H15N5O5/c1-9(10-3-5-11(6-4-10)16(26)27-2)20-14(23)12-7-13(15(24)25)22-17(21-12)18-8-19-22/h3-9H,1-2H3,(H,20,23)(H,24,25)/t9-/m0/s1. The smallest absolute Gasteiger partial charge is 0.354 e. The van der Waals surface area contributed by atoms with Gasteiger partial charge in [0, 0.05) is 6.07 Å². The van der Waals surface area contributed by atoms with Gasteiger partial charge in [0.25, 0.3) is 11.7 Å². The fourth-order valence-corrected chi connectivity index (χ4v) is 2.46. The maximum Gasteiger partial charge on any atom is 0.354 e. The highest BCUT2D eigenvalue weighted by atomic mass is 16.5. The second-order valence-corrected chi connectivity index (χ2v) is 5.61. The van der Waals surface area contributed by atoms with Crippen molar-refractivity contribution in [3.05, 3.63) is 59.2 Å². The van der Waals surface area contributed by atoms with Gasteiger partial charge in [-0.3, -0.25) is 4.79 Å². The van der Waals surface area contributed by atoms with E-state index in [2.05, 4.69) is 25.1 Å². The summed E-state index contributed by atoms with van der Waals surface area (Å²) < 4.78 is 5.68. The minimum atomic E-state index is -1.26. The molecule has 1 atom stereocenters. The van der Waals surface area contributed by atoms with Gasteiger partial charge in [0.15, 0.2) is 5.69 Å². The zero-order chi connectivity index (χ0) is 19.6. The number of hydrogen-bond acceptors (Lipinski definition) is 7. The van der Waals surface area contributed by atoms with Gasteiger partial charge < -0.3 is 15.2 Å². The summed E-state index contributed by atoms with van der Waals surface area (Å²) in [7, 11) is 1.30. The number of nitrogens with one attached hydrogen (secondary N) is 1. The molecule has 3 aromatic rings. The van der Waals surface area contributed by atoms with Gasteiger partial charge in [-0.2, -0.15) is 14.6 Å². The zero-order valence-electron chi connectivity index (χ0n) is 14.4. The molecule has 3 rings (SSSR count). The number of aromatic nitrogens is 4. The third-order valence-corrected chi connectivity index (χ3v) is 3.88. The number of ether oxygens (including phenoxy) is 1. The quantitative estimate of drug-likeness (QED) is 0.638. The van der Waals surface area contributed by atoms with Crippen molar-refractivity contribution < 1.29 is 24.2 Å². The van der Waals surface area contributed by atoms with Gasteiger partial charge in [-0.05, 0) is 24.6 Å². The van der Waals surface area contributed by atoms with E-state index < -0.39 is 23.9 Å². The number of benzene rings is 1. The number of fused-ring (bicyclic) bond motifs is 1. The monoisotopic (exact) mass is 369 g/mol. The van der Waals surface area contributed by atoms with Crippen molar-refractivity contribution in [1.29, 1.82) is 0 Å². The van der Waals surface area contributed by atoms with Crippen LogP contribution in [0.25, 0.3) is 5.78 Å². The first-order chi connectivity index (χ1) is 12.9. The number of carbonyl (C=O) groups excluding carboxylic acids is 2. The molecule has 0 aliphatic rings. The van der Waals surface area contributed by atoms with Crippen LogP contribution in [0.5, 0.6) is 0 Å². The molecule has 1 amide bonds. The molecule has 0 bridgehead atoms. The van der Waals surface area contributed by atoms with Crippen molar-refractivity contribution >= 4 is 23.6 Å². The molecule has 2 N–H and O–H groups in total. The highest BCUT2D eigenvalue weighted by Crippen LogP contribution is 2.15. The van der Waals surface area contributed by atoms with Gasteiger partial charge in [-0.1, -0.05) is 12.1 Å². The first kappa shape index (κ1) is 18.0. The van der Waals surface area contributed by atoms with Crippen LogP contribution in [0, 0.1) is 0 Å². The molecule has 0 fully saturated rings. The molecule has 138 valence electrons. The molecule has 10 heteroatoms. The molecule has 1 aromatic carbocycles. The number of nitrogens with zero attached hydrogens (tertiary/aromatic N) is 4. The molecule has 27 heavy (non-hydrogen) atoms. The lowest BCUT2D eigenvalue weighted by atomic mass is 10.1. The molecular formula is C17H15N5O5. The number of esters is 1. The van der Waals surface area contributed by atoms with Crippen LogP contribution in [0.1, 0.15) is 49.9 Å². The average molecular weight is 369 g/mol. The molecule has 2 aromatic heterocycles. The summed E-state index contributed by atoms with van der Waals surface area (Å²) in [6.07, 6.45) is 1.15. The van der Waals surface area contributed by atoms with E-state index in [-0.39, 0.29) is 17.2 Å². The first-order valence-electron chi connectivity index (χ1n) is 7.84. The SMILES string of the molecule is COC(=O)c1ccc([C@H](C)NC(=O)c2cc(C(=O)O)n3ncnc3n2)cc1. The highest BCUT2D eigenvalue weighted by Gasteiger charge is 2.19. The minimum Gasteiger partial charge on any atom is -0.477 e. The van der Waals surface area contributed by atoms with Crippen LogP contribution in [0.3, 0.4) is 0 Å². The number of hydrogen-bond donors (Lipinski definition) is 2. The summed E-state index contributed by atoms with van der Waals surface area (Å²) in [5.41, 5.74) is 0.825. The summed E-state index contributed by atoms with van der Waals surface area (Å²) in [6, 6.07) is 7.28. The Morgan fingerprint density at radius 1 is 1.22 bits per heavy atom. The van der Waals surface area contributed by atoms with Crippen LogP contribution in [0.15, 0.2) is 36.7 Å². The Hall–Kier alpha value is -3.82. The number of methoxy groups -OCH3 is 1. The molecule has 0 saturated carbocycles. The molecule has 0 aliphatic heterocycles. The predicted molar refractivity (Wildman–Crippen MR) is 91.4 cm³/mol. The summed E-state index contributed by atoms with van der Waals surface area (Å²) in [6.45, 7) is 1.75. The van der Waals surface area contributed by atoms with Gasteiger partial charge in [0.2, 0.25) is 0 Å². The molecule has 2 heterocycles. The molecule has 0 unspecified atom stereocenters. The van der Waals surface area contributed by atoms with Crippen molar-refractivity contribution in [2.24, 2.45) is 0 Å². The number of amides is 1. The number of aromatic carboxylic acids is 1. The lowest BCUT2D eigenvalue weighted by Crippen LogP contribution is -2.28. The van der Waals surface area contributed by atoms with E-state index in [0.29, 0.717) is 5.56 Å². The van der Waals surface area contributed by atoms with E-state index in [9.17, 15) is 19.5 Å². The minimum absolute atomic E-state index is 0.00938. The Balaban J connectivity index is 1.81. The van der Waals surface area contributed by atoms with E-state index in [1.165, 1.54) is 7.11 Å². The van der Waals surface area contributed by atoms with Crippen molar-refractivity contribution in [2.75, 3.05) is 7.11 Å². The van der Waals surface area contributed by atoms with Crippen LogP contribution in [0.4, 0.5) is 0 Å². The van der Waals surface area contributed by atoms with Gasteiger partial charge >= 0.3 is 11.9 Å². The second-order valence-electron chi connectivity index (χ2n) is 5.61. The first-order valence-corrected chi connectivity index (χ1v) is 7.84. The number of carboxylic acids is 1. The van der Waals surface area contributed by atoms with E-state index >= 15 is 0 Å². The Kier molecular flexibility index (Phi) is 4.79. The maximum absolute atomic E-state index is 12.5. The summed E-state index contributed by atoms with van der Waals surface area (Å²) in [5.74, 6) is -2.26. The number of carbonyl (C=O) groups is 3. The molecule has 0 spiro atoms. The second kappa shape index (κ2) is 7.20. The van der Waals surface area contributed by atoms with Crippen molar-refractivity contribution in [2.45, 2.75) is 13.0 Å². The van der Waals surface area contributed by atoms with Crippen molar-refractivity contribution in [1.82, 2.24) is 24.9 Å². The van der Waals surface area contributed by atoms with E-state index in [1.54, 1.807) is 31.2 Å². The Morgan fingerprint density at radius 3 is 2.56 bits per heavy atom. The summed E-state index contributed by atoms with van der Waals surface area (Å²) >= 11 is 0. The largest absolute Gasteiger partial charge is 0.477 e. The van der Waals surface area contributed by atoms with E-state index in [0.717, 1.165) is 22.5 Å². The fourth-order valence-electron chi connectivity index (χ4n) is 2.46. The van der Waals surface area contributed by atoms with Crippen LogP contribution in [0.2, 0.25) is 0 Å². The third kappa shape index (κ3) is 3.59. The van der Waals surface area contributed by atoms with Gasteiger partial charge in [0.05, 0.1) is 18.7 Å². The number of carboxylic acid groups (broad SMARTS) is 1. The van der Waals surface area contributed by atoms with Crippen LogP contribution in [-0.2, 0) is 4.74 Å². The maximum atomic E-state index is 12.5. The Morgan fingerprint density at radius 2 is 1.93 bits per heavy atom. The van der Waals surface area contributed by atoms with Gasteiger partial charge in [0.1, 0.15) is 12.0 Å². The zero-order valence-corrected chi connectivity index (χ0v) is 14.4. The number of rotatable bonds is 5. The lowest BCUT2D eigenvalue weighted by Gasteiger charge is -2.14. The molecule has 0 aliphatic carbocycles.